The van der Waals surface area contributed by atoms with E-state index < -0.39 is 41.0 Å². The van der Waals surface area contributed by atoms with Crippen LogP contribution in [0.15, 0.2) is 108 Å². The van der Waals surface area contributed by atoms with Gasteiger partial charge in [0.25, 0.3) is 30.4 Å². The second kappa shape index (κ2) is 18.2. The van der Waals surface area contributed by atoms with Crippen molar-refractivity contribution in [3.63, 3.8) is 0 Å². The average molecular weight is 878 g/mol. The highest BCUT2D eigenvalue weighted by Gasteiger charge is 2.24. The molecule has 5 rings (SSSR count). The van der Waals surface area contributed by atoms with Gasteiger partial charge in [-0.2, -0.15) is 45.9 Å². The topological polar surface area (TPSA) is 308 Å². The smallest absolute Gasteiger partial charge is 0.296 e. The number of hydrogen-bond acceptors (Lipinski definition) is 16. The summed E-state index contributed by atoms with van der Waals surface area (Å²) in [7, 11) is -13.7. The van der Waals surface area contributed by atoms with Crippen LogP contribution in [0.4, 0.5) is 34.1 Å². The van der Waals surface area contributed by atoms with Gasteiger partial charge in [0.05, 0.1) is 45.7 Å². The predicted molar refractivity (Wildman–Crippen MR) is 218 cm³/mol. The summed E-state index contributed by atoms with van der Waals surface area (Å²) in [5.74, 6) is -1.03. The van der Waals surface area contributed by atoms with Crippen LogP contribution in [0.5, 0.6) is 11.6 Å². The number of ether oxygens (including phenoxy) is 1. The van der Waals surface area contributed by atoms with E-state index in [2.05, 4.69) is 54.9 Å². The predicted octanol–water partition coefficient (Wildman–Crippen LogP) is 8.85. The molecule has 0 atom stereocenters. The molecule has 3 aromatic carbocycles. The molecule has 0 aliphatic rings. The minimum Gasteiger partial charge on any atom is -0.493 e. The molecule has 0 radical (unpaired) electrons. The first-order valence-corrected chi connectivity index (χ1v) is 21.9. The first-order chi connectivity index (χ1) is 28.3. The van der Waals surface area contributed by atoms with E-state index in [0.29, 0.717) is 35.4 Å². The highest BCUT2D eigenvalue weighted by molar-refractivity contribution is 7.86. The molecule has 0 unspecified atom stereocenters. The Morgan fingerprint density at radius 1 is 0.833 bits per heavy atom. The molecule has 23 heteroatoms. The number of rotatable bonds is 17. The standard InChI is InChI=1S/C37H35N9O11S3/c1-5-9-26-27(21-38)36-39-28(6-2)32(7-3)46(36)37(47)35(26)45-44-31-18-22(4)30(20-33(31)57-16-8-17-58(48,49)50)43-42-29-15-12-24(19-34(29)60(54,55)56)41-40-23-10-13-25(14-11-23)59(51,52)53/h6-7,10-15,18-20,47H,2-3,5,8-9,16-17H2,1,4H3,(H,48,49,50)(H,51,52,53)(H,54,55,56). The van der Waals surface area contributed by atoms with Gasteiger partial charge in [-0.25, -0.2) is 4.98 Å². The molecule has 0 aliphatic carbocycles. The fourth-order valence-electron chi connectivity index (χ4n) is 5.64. The minimum atomic E-state index is -4.91. The second-order valence-corrected chi connectivity index (χ2v) is 17.0. The number of fused-ring (bicyclic) bond motifs is 1. The Hall–Kier alpha value is -6.55. The molecule has 0 spiro atoms. The third kappa shape index (κ3) is 10.4. The molecule has 312 valence electrons. The van der Waals surface area contributed by atoms with Crippen molar-refractivity contribution in [1.82, 2.24) is 9.38 Å². The van der Waals surface area contributed by atoms with Gasteiger partial charge >= 0.3 is 0 Å². The van der Waals surface area contributed by atoms with Crippen molar-refractivity contribution in [2.24, 2.45) is 30.7 Å². The maximum atomic E-state index is 12.4. The number of aromatic hydroxyl groups is 1. The van der Waals surface area contributed by atoms with Crippen LogP contribution >= 0.6 is 0 Å². The summed E-state index contributed by atoms with van der Waals surface area (Å²) in [4.78, 5) is 3.40. The summed E-state index contributed by atoms with van der Waals surface area (Å²) < 4.78 is 106. The maximum absolute atomic E-state index is 12.4. The van der Waals surface area contributed by atoms with E-state index in [0.717, 1.165) is 18.2 Å². The lowest BCUT2D eigenvalue weighted by Crippen LogP contribution is -2.08. The van der Waals surface area contributed by atoms with E-state index in [9.17, 15) is 44.7 Å². The SMILES string of the molecule is C=Cc1nc2c(C#N)c(CCC)c(N=Nc3cc(C)c(N=Nc4ccc(N=Nc5ccc(S(=O)(=O)O)cc5)cc4S(=O)(=O)O)cc3OCCCS(=O)(=O)O)c(O)n2c1C=C. The third-order valence-corrected chi connectivity index (χ3v) is 11.0. The fourth-order valence-corrected chi connectivity index (χ4v) is 7.25. The first-order valence-electron chi connectivity index (χ1n) is 17.4. The van der Waals surface area contributed by atoms with E-state index in [1.165, 1.54) is 53.0 Å². The fraction of sp³-hybridized carbons (Fsp3) is 0.189. The zero-order valence-electron chi connectivity index (χ0n) is 31.7. The minimum absolute atomic E-state index is 0.0227. The number of azo groups is 3. The van der Waals surface area contributed by atoms with E-state index in [-0.39, 0.29) is 74.9 Å². The van der Waals surface area contributed by atoms with E-state index in [4.69, 9.17) is 9.29 Å². The van der Waals surface area contributed by atoms with Gasteiger partial charge < -0.3 is 9.84 Å². The first kappa shape index (κ1) is 44.6. The molecule has 0 amide bonds. The summed E-state index contributed by atoms with van der Waals surface area (Å²) >= 11 is 0. The van der Waals surface area contributed by atoms with E-state index in [1.807, 2.05) is 6.92 Å². The lowest BCUT2D eigenvalue weighted by Gasteiger charge is -2.13. The Labute approximate surface area is 343 Å². The van der Waals surface area contributed by atoms with E-state index >= 15 is 0 Å². The normalized spacial score (nSPS) is 12.5. The van der Waals surface area contributed by atoms with Crippen molar-refractivity contribution in [2.45, 2.75) is 42.9 Å². The average Bonchev–Trinajstić information content (AvgIpc) is 3.57. The third-order valence-electron chi connectivity index (χ3n) is 8.42. The number of aryl methyl sites for hydroxylation is 1. The van der Waals surface area contributed by atoms with Gasteiger partial charge in [-0.1, -0.05) is 26.5 Å². The molecule has 0 bridgehead atoms. The van der Waals surface area contributed by atoms with E-state index in [1.54, 1.807) is 6.92 Å². The molecular formula is C37H35N9O11S3. The Morgan fingerprint density at radius 2 is 1.48 bits per heavy atom. The Kier molecular flexibility index (Phi) is 13.5. The number of aromatic nitrogens is 2. The van der Waals surface area contributed by atoms with Gasteiger partial charge in [-0.15, -0.1) is 15.3 Å². The molecule has 2 aromatic heterocycles. The van der Waals surface area contributed by atoms with Crippen molar-refractivity contribution in [2.75, 3.05) is 12.4 Å². The zero-order valence-corrected chi connectivity index (χ0v) is 34.1. The molecular weight excluding hydrogens is 843 g/mol. The quantitative estimate of drug-likeness (QED) is 0.0386. The zero-order chi connectivity index (χ0) is 44.0. The Morgan fingerprint density at radius 3 is 2.08 bits per heavy atom. The summed E-state index contributed by atoms with van der Waals surface area (Å²) in [6.07, 6.45) is 3.61. The van der Waals surface area contributed by atoms with Crippen molar-refractivity contribution >= 4 is 82.3 Å². The Bertz CT molecular complexity index is 2990. The van der Waals surface area contributed by atoms with Crippen LogP contribution in [-0.4, -0.2) is 65.8 Å². The van der Waals surface area contributed by atoms with Gasteiger partial charge in [-0.3, -0.25) is 18.1 Å². The molecule has 2 heterocycles. The summed E-state index contributed by atoms with van der Waals surface area (Å²) in [6, 6.07) is 13.1. The molecule has 4 N–H and O–H groups in total. The van der Waals surface area contributed by atoms with Crippen LogP contribution in [0.3, 0.4) is 0 Å². The maximum Gasteiger partial charge on any atom is 0.296 e. The van der Waals surface area contributed by atoms with Gasteiger partial charge in [0.2, 0.25) is 5.88 Å². The van der Waals surface area contributed by atoms with Crippen molar-refractivity contribution in [1.29, 1.82) is 5.26 Å². The van der Waals surface area contributed by atoms with Crippen LogP contribution in [-0.2, 0) is 36.8 Å². The summed E-state index contributed by atoms with van der Waals surface area (Å²) in [5, 5.41) is 46.4. The molecule has 60 heavy (non-hydrogen) atoms. The summed E-state index contributed by atoms with van der Waals surface area (Å²) in [5.41, 5.74) is 1.68. The van der Waals surface area contributed by atoms with Gasteiger partial charge in [0.1, 0.15) is 33.7 Å². The van der Waals surface area contributed by atoms with Crippen LogP contribution < -0.4 is 4.74 Å². The van der Waals surface area contributed by atoms with Crippen molar-refractivity contribution < 1.29 is 48.8 Å². The van der Waals surface area contributed by atoms with Gasteiger partial charge in [0.15, 0.2) is 11.3 Å². The van der Waals surface area contributed by atoms with Gasteiger partial charge in [-0.05, 0) is 86.0 Å². The molecule has 20 nitrogen and oxygen atoms in total. The number of imidazole rings is 1. The highest BCUT2D eigenvalue weighted by Crippen LogP contribution is 2.42. The molecule has 5 aromatic rings. The van der Waals surface area contributed by atoms with Gasteiger partial charge in [0, 0.05) is 11.6 Å². The van der Waals surface area contributed by atoms with Crippen LogP contribution in [0.25, 0.3) is 17.8 Å². The van der Waals surface area contributed by atoms with Crippen LogP contribution in [0.1, 0.15) is 47.8 Å². The molecule has 0 fully saturated rings. The second-order valence-electron chi connectivity index (χ2n) is 12.6. The monoisotopic (exact) mass is 877 g/mol. The number of nitriles is 1. The molecule has 0 aliphatic heterocycles. The van der Waals surface area contributed by atoms with Crippen molar-refractivity contribution in [3.05, 3.63) is 95.8 Å². The Balaban J connectivity index is 1.56. The lowest BCUT2D eigenvalue weighted by atomic mass is 10.0. The molecule has 0 saturated heterocycles. The van der Waals surface area contributed by atoms with Crippen LogP contribution in [0, 0.1) is 18.3 Å². The number of hydrogen-bond donors (Lipinski definition) is 4. The molecule has 0 saturated carbocycles. The lowest BCUT2D eigenvalue weighted by molar-refractivity contribution is 0.317. The summed E-state index contributed by atoms with van der Waals surface area (Å²) in [6.45, 7) is 10.8. The number of nitrogens with zero attached hydrogens (tertiary/aromatic N) is 9. The van der Waals surface area contributed by atoms with Crippen LogP contribution in [0.2, 0.25) is 0 Å². The largest absolute Gasteiger partial charge is 0.493 e. The van der Waals surface area contributed by atoms with Crippen molar-refractivity contribution in [3.8, 4) is 17.7 Å². The number of pyridine rings is 1. The number of benzene rings is 3. The highest BCUT2D eigenvalue weighted by atomic mass is 32.2.